The third kappa shape index (κ3) is 2.71. The molecule has 23 heavy (non-hydrogen) atoms. The largest absolute Gasteiger partial charge is 0.375 e. The Bertz CT molecular complexity index is 949. The minimum absolute atomic E-state index is 0.448. The van der Waals surface area contributed by atoms with Crippen LogP contribution in [0.3, 0.4) is 0 Å². The third-order valence-electron chi connectivity index (χ3n) is 3.27. The van der Waals surface area contributed by atoms with E-state index in [1.165, 1.54) is 17.7 Å². The standard InChI is InChI=1S/C15H12N6OS/c16-15-20-12-13(18-8-19-14(12)23-15)17-7-10-6-11(21-22-10)9-4-2-1-3-5-9/h1-6,8H,7H2,(H2,16,20)(H,17,18,19). The molecule has 0 aliphatic rings. The van der Waals surface area contributed by atoms with Gasteiger partial charge in [0.15, 0.2) is 21.5 Å². The minimum Gasteiger partial charge on any atom is -0.375 e. The maximum atomic E-state index is 5.72. The maximum Gasteiger partial charge on any atom is 0.182 e. The summed E-state index contributed by atoms with van der Waals surface area (Å²) in [6.45, 7) is 0.448. The number of aromatic nitrogens is 4. The summed E-state index contributed by atoms with van der Waals surface area (Å²) in [4.78, 5) is 13.3. The van der Waals surface area contributed by atoms with Gasteiger partial charge in [0, 0.05) is 11.6 Å². The van der Waals surface area contributed by atoms with Gasteiger partial charge in [-0.25, -0.2) is 15.0 Å². The second-order valence-corrected chi connectivity index (χ2v) is 5.84. The quantitative estimate of drug-likeness (QED) is 0.595. The lowest BCUT2D eigenvalue weighted by atomic mass is 10.1. The van der Waals surface area contributed by atoms with Crippen molar-refractivity contribution < 1.29 is 4.52 Å². The molecular formula is C15H12N6OS. The van der Waals surface area contributed by atoms with Crippen molar-refractivity contribution in [1.82, 2.24) is 20.1 Å². The molecule has 3 N–H and O–H groups in total. The van der Waals surface area contributed by atoms with Gasteiger partial charge in [0.1, 0.15) is 17.5 Å². The fourth-order valence-corrected chi connectivity index (χ4v) is 2.89. The molecule has 7 nitrogen and oxygen atoms in total. The average molecular weight is 324 g/mol. The highest BCUT2D eigenvalue weighted by Gasteiger charge is 2.11. The number of nitrogens with two attached hydrogens (primary N) is 1. The first kappa shape index (κ1) is 13.6. The normalized spacial score (nSPS) is 11.0. The van der Waals surface area contributed by atoms with Gasteiger partial charge in [0.25, 0.3) is 0 Å². The van der Waals surface area contributed by atoms with Crippen LogP contribution in [0.25, 0.3) is 21.6 Å². The second-order valence-electron chi connectivity index (χ2n) is 4.83. The van der Waals surface area contributed by atoms with Crippen molar-refractivity contribution in [1.29, 1.82) is 0 Å². The highest BCUT2D eigenvalue weighted by Crippen LogP contribution is 2.26. The Morgan fingerprint density at radius 2 is 2.04 bits per heavy atom. The lowest BCUT2D eigenvalue weighted by Gasteiger charge is -2.02. The molecule has 0 spiro atoms. The van der Waals surface area contributed by atoms with Crippen molar-refractivity contribution in [2.24, 2.45) is 0 Å². The van der Waals surface area contributed by atoms with Gasteiger partial charge in [-0.1, -0.05) is 46.8 Å². The Kier molecular flexibility index (Phi) is 3.35. The molecule has 0 bridgehead atoms. The number of nitrogens with zero attached hydrogens (tertiary/aromatic N) is 4. The van der Waals surface area contributed by atoms with Crippen molar-refractivity contribution >= 4 is 32.6 Å². The Balaban J connectivity index is 1.54. The number of nitrogens with one attached hydrogen (secondary N) is 1. The molecule has 0 aliphatic carbocycles. The molecule has 3 heterocycles. The molecule has 1 aromatic carbocycles. The molecule has 114 valence electrons. The van der Waals surface area contributed by atoms with E-state index >= 15 is 0 Å². The third-order valence-corrected chi connectivity index (χ3v) is 4.06. The SMILES string of the molecule is Nc1nc2c(NCc3cc(-c4ccccc4)no3)ncnc2s1. The van der Waals surface area contributed by atoms with Crippen molar-refractivity contribution in [2.75, 3.05) is 11.1 Å². The fraction of sp³-hybridized carbons (Fsp3) is 0.0667. The van der Waals surface area contributed by atoms with Gasteiger partial charge in [-0.3, -0.25) is 0 Å². The van der Waals surface area contributed by atoms with Crippen LogP contribution in [0.4, 0.5) is 10.9 Å². The highest BCUT2D eigenvalue weighted by molar-refractivity contribution is 7.21. The maximum absolute atomic E-state index is 5.72. The monoisotopic (exact) mass is 324 g/mol. The predicted molar refractivity (Wildman–Crippen MR) is 88.9 cm³/mol. The predicted octanol–water partition coefficient (Wildman–Crippen LogP) is 2.94. The van der Waals surface area contributed by atoms with E-state index in [1.54, 1.807) is 0 Å². The van der Waals surface area contributed by atoms with E-state index in [4.69, 9.17) is 10.3 Å². The summed E-state index contributed by atoms with van der Waals surface area (Å²) < 4.78 is 5.36. The van der Waals surface area contributed by atoms with Crippen molar-refractivity contribution in [3.63, 3.8) is 0 Å². The number of rotatable bonds is 4. The first-order chi connectivity index (χ1) is 11.3. The van der Waals surface area contributed by atoms with E-state index in [2.05, 4.69) is 25.4 Å². The van der Waals surface area contributed by atoms with Crippen LogP contribution in [-0.2, 0) is 6.54 Å². The molecular weight excluding hydrogens is 312 g/mol. The zero-order chi connectivity index (χ0) is 15.6. The summed E-state index contributed by atoms with van der Waals surface area (Å²) >= 11 is 1.33. The van der Waals surface area contributed by atoms with Crippen LogP contribution in [0.15, 0.2) is 47.2 Å². The Hall–Kier alpha value is -3.00. The van der Waals surface area contributed by atoms with E-state index in [0.717, 1.165) is 16.1 Å². The van der Waals surface area contributed by atoms with Gasteiger partial charge in [-0.05, 0) is 0 Å². The van der Waals surface area contributed by atoms with Crippen LogP contribution in [0.1, 0.15) is 5.76 Å². The topological polar surface area (TPSA) is 103 Å². The van der Waals surface area contributed by atoms with Gasteiger partial charge in [-0.15, -0.1) is 0 Å². The molecule has 3 aromatic heterocycles. The van der Waals surface area contributed by atoms with Crippen molar-refractivity contribution in [3.8, 4) is 11.3 Å². The van der Waals surface area contributed by atoms with Crippen LogP contribution in [0, 0.1) is 0 Å². The van der Waals surface area contributed by atoms with Crippen LogP contribution < -0.4 is 11.1 Å². The summed E-state index contributed by atoms with van der Waals surface area (Å²) in [7, 11) is 0. The molecule has 0 aliphatic heterocycles. The molecule has 4 rings (SSSR count). The lowest BCUT2D eigenvalue weighted by molar-refractivity contribution is 0.390. The summed E-state index contributed by atoms with van der Waals surface area (Å²) in [5.74, 6) is 1.33. The van der Waals surface area contributed by atoms with E-state index < -0.39 is 0 Å². The molecule has 0 saturated heterocycles. The zero-order valence-electron chi connectivity index (χ0n) is 11.9. The average Bonchev–Trinajstić information content (AvgIpc) is 3.19. The van der Waals surface area contributed by atoms with Gasteiger partial charge in [0.2, 0.25) is 0 Å². The van der Waals surface area contributed by atoms with Gasteiger partial charge in [-0.2, -0.15) is 0 Å². The molecule has 8 heteroatoms. The number of anilines is 2. The van der Waals surface area contributed by atoms with Gasteiger partial charge in [0.05, 0.1) is 6.54 Å². The molecule has 4 aromatic rings. The van der Waals surface area contributed by atoms with E-state index in [1.807, 2.05) is 36.4 Å². The summed E-state index contributed by atoms with van der Waals surface area (Å²) in [6.07, 6.45) is 1.48. The first-order valence-corrected chi connectivity index (χ1v) is 7.73. The molecule has 0 fully saturated rings. The van der Waals surface area contributed by atoms with E-state index in [0.29, 0.717) is 28.8 Å². The number of hydrogen-bond donors (Lipinski definition) is 2. The van der Waals surface area contributed by atoms with E-state index in [-0.39, 0.29) is 0 Å². The summed E-state index contributed by atoms with van der Waals surface area (Å²) in [5, 5.41) is 7.74. The Morgan fingerprint density at radius 3 is 2.91 bits per heavy atom. The van der Waals surface area contributed by atoms with Crippen molar-refractivity contribution in [2.45, 2.75) is 6.54 Å². The number of benzene rings is 1. The summed E-state index contributed by atoms with van der Waals surface area (Å²) in [5.41, 5.74) is 8.19. The van der Waals surface area contributed by atoms with Crippen LogP contribution in [0.2, 0.25) is 0 Å². The number of thiazole rings is 1. The number of fused-ring (bicyclic) bond motifs is 1. The molecule has 0 radical (unpaired) electrons. The van der Waals surface area contributed by atoms with E-state index in [9.17, 15) is 0 Å². The number of hydrogen-bond acceptors (Lipinski definition) is 8. The second kappa shape index (κ2) is 5.65. The summed E-state index contributed by atoms with van der Waals surface area (Å²) in [6, 6.07) is 11.8. The molecule has 0 amide bonds. The Morgan fingerprint density at radius 1 is 1.17 bits per heavy atom. The van der Waals surface area contributed by atoms with Crippen LogP contribution >= 0.6 is 11.3 Å². The number of nitrogen functional groups attached to an aromatic ring is 1. The van der Waals surface area contributed by atoms with Crippen LogP contribution in [-0.4, -0.2) is 20.1 Å². The Labute approximate surface area is 135 Å². The molecule has 0 unspecified atom stereocenters. The zero-order valence-corrected chi connectivity index (χ0v) is 12.7. The lowest BCUT2D eigenvalue weighted by Crippen LogP contribution is -2.01. The molecule has 0 saturated carbocycles. The van der Waals surface area contributed by atoms with Gasteiger partial charge < -0.3 is 15.6 Å². The van der Waals surface area contributed by atoms with Crippen molar-refractivity contribution in [3.05, 3.63) is 48.5 Å². The first-order valence-electron chi connectivity index (χ1n) is 6.91. The minimum atomic E-state index is 0.448. The smallest absolute Gasteiger partial charge is 0.182 e. The fourth-order valence-electron chi connectivity index (χ4n) is 2.21. The van der Waals surface area contributed by atoms with Gasteiger partial charge >= 0.3 is 0 Å². The van der Waals surface area contributed by atoms with Crippen LogP contribution in [0.5, 0.6) is 0 Å². The highest BCUT2D eigenvalue weighted by atomic mass is 32.1. The molecule has 0 atom stereocenters.